The molecule has 1 heterocycles. The van der Waals surface area contributed by atoms with Crippen molar-refractivity contribution in [3.8, 4) is 5.75 Å². The Kier molecular flexibility index (Phi) is 5.27. The van der Waals surface area contributed by atoms with Crippen molar-refractivity contribution in [2.75, 3.05) is 5.43 Å². The standard InChI is InChI=1S/C22H16ClN3O3/c23-16-12-10-15(11-13-16)21(27)25-26-20(14-29-17-6-2-1-3-7-17)24-19-9-5-4-8-18(19)22(26)28/h1-13H,14H2,(H,25,27). The van der Waals surface area contributed by atoms with Gasteiger partial charge in [-0.2, -0.15) is 4.68 Å². The predicted octanol–water partition coefficient (Wildman–Crippen LogP) is 4.01. The molecular weight excluding hydrogens is 390 g/mol. The summed E-state index contributed by atoms with van der Waals surface area (Å²) in [7, 11) is 0. The summed E-state index contributed by atoms with van der Waals surface area (Å²) in [5.74, 6) is 0.451. The number of hydrogen-bond donors (Lipinski definition) is 1. The summed E-state index contributed by atoms with van der Waals surface area (Å²) >= 11 is 5.88. The second-order valence-electron chi connectivity index (χ2n) is 6.24. The minimum absolute atomic E-state index is 0.00495. The normalized spacial score (nSPS) is 10.7. The van der Waals surface area contributed by atoms with Crippen LogP contribution in [0.2, 0.25) is 5.02 Å². The smallest absolute Gasteiger partial charge is 0.280 e. The lowest BCUT2D eigenvalue weighted by atomic mass is 10.2. The molecule has 6 nitrogen and oxygen atoms in total. The molecule has 0 fully saturated rings. The molecule has 1 N–H and O–H groups in total. The van der Waals surface area contributed by atoms with Crippen molar-refractivity contribution < 1.29 is 9.53 Å². The van der Waals surface area contributed by atoms with Crippen LogP contribution in [0.1, 0.15) is 16.2 Å². The maximum Gasteiger partial charge on any atom is 0.280 e. The summed E-state index contributed by atoms with van der Waals surface area (Å²) in [6, 6.07) is 22.5. The summed E-state index contributed by atoms with van der Waals surface area (Å²) in [6.07, 6.45) is 0. The molecule has 0 aliphatic carbocycles. The molecule has 3 aromatic carbocycles. The van der Waals surface area contributed by atoms with Crippen molar-refractivity contribution in [3.05, 3.63) is 106 Å². The molecule has 0 unspecified atom stereocenters. The van der Waals surface area contributed by atoms with Gasteiger partial charge in [-0.05, 0) is 48.5 Å². The van der Waals surface area contributed by atoms with Gasteiger partial charge in [0.1, 0.15) is 12.4 Å². The van der Waals surface area contributed by atoms with E-state index in [1.165, 1.54) is 0 Å². The second kappa shape index (κ2) is 8.16. The molecule has 0 saturated heterocycles. The molecule has 1 aromatic heterocycles. The summed E-state index contributed by atoms with van der Waals surface area (Å²) < 4.78 is 6.88. The fraction of sp³-hybridized carbons (Fsp3) is 0.0455. The van der Waals surface area contributed by atoms with Crippen LogP contribution in [0.4, 0.5) is 0 Å². The molecule has 0 aliphatic rings. The first-order chi connectivity index (χ1) is 14.1. The Balaban J connectivity index is 1.71. The molecule has 0 bridgehead atoms. The number of aromatic nitrogens is 2. The molecule has 4 rings (SSSR count). The zero-order valence-electron chi connectivity index (χ0n) is 15.2. The Morgan fingerprint density at radius 3 is 2.41 bits per heavy atom. The van der Waals surface area contributed by atoms with E-state index in [0.717, 1.165) is 4.68 Å². The average molecular weight is 406 g/mol. The van der Waals surface area contributed by atoms with E-state index in [1.54, 1.807) is 60.7 Å². The van der Waals surface area contributed by atoms with Crippen molar-refractivity contribution in [3.63, 3.8) is 0 Å². The van der Waals surface area contributed by atoms with Gasteiger partial charge < -0.3 is 4.74 Å². The maximum absolute atomic E-state index is 13.0. The molecule has 4 aromatic rings. The molecule has 0 aliphatic heterocycles. The molecule has 7 heteroatoms. The first kappa shape index (κ1) is 18.7. The number of nitrogens with one attached hydrogen (secondary N) is 1. The number of fused-ring (bicyclic) bond motifs is 1. The van der Waals surface area contributed by atoms with Gasteiger partial charge in [-0.25, -0.2) is 4.98 Å². The van der Waals surface area contributed by atoms with E-state index >= 15 is 0 Å². The van der Waals surface area contributed by atoms with E-state index in [9.17, 15) is 9.59 Å². The maximum atomic E-state index is 13.0. The Morgan fingerprint density at radius 2 is 1.66 bits per heavy atom. The van der Waals surface area contributed by atoms with E-state index in [2.05, 4.69) is 10.4 Å². The van der Waals surface area contributed by atoms with Crippen molar-refractivity contribution in [1.29, 1.82) is 0 Å². The molecule has 1 amide bonds. The summed E-state index contributed by atoms with van der Waals surface area (Å²) in [5.41, 5.74) is 3.13. The van der Waals surface area contributed by atoms with Gasteiger partial charge in [0.2, 0.25) is 0 Å². The number of para-hydroxylation sites is 2. The number of benzene rings is 3. The van der Waals surface area contributed by atoms with E-state index in [4.69, 9.17) is 16.3 Å². The lowest BCUT2D eigenvalue weighted by molar-refractivity contribution is 0.100. The monoisotopic (exact) mass is 405 g/mol. The molecule has 29 heavy (non-hydrogen) atoms. The van der Waals surface area contributed by atoms with Crippen molar-refractivity contribution in [2.24, 2.45) is 0 Å². The second-order valence-corrected chi connectivity index (χ2v) is 6.67. The third-order valence-corrected chi connectivity index (χ3v) is 4.53. The zero-order chi connectivity index (χ0) is 20.2. The van der Waals surface area contributed by atoms with Crippen molar-refractivity contribution in [1.82, 2.24) is 9.66 Å². The number of rotatable bonds is 5. The van der Waals surface area contributed by atoms with Crippen LogP contribution in [-0.4, -0.2) is 15.6 Å². The molecule has 0 spiro atoms. The van der Waals surface area contributed by atoms with Gasteiger partial charge in [-0.1, -0.05) is 41.9 Å². The minimum atomic E-state index is -0.457. The third kappa shape index (κ3) is 4.12. The zero-order valence-corrected chi connectivity index (χ0v) is 16.0. The van der Waals surface area contributed by atoms with Gasteiger partial charge in [0.25, 0.3) is 11.5 Å². The highest BCUT2D eigenvalue weighted by atomic mass is 35.5. The fourth-order valence-corrected chi connectivity index (χ4v) is 2.95. The van der Waals surface area contributed by atoms with Crippen LogP contribution in [0, 0.1) is 0 Å². The lowest BCUT2D eigenvalue weighted by Gasteiger charge is -2.15. The quantitative estimate of drug-likeness (QED) is 0.544. The van der Waals surface area contributed by atoms with Gasteiger partial charge in [0.15, 0.2) is 5.82 Å². The van der Waals surface area contributed by atoms with Crippen LogP contribution >= 0.6 is 11.6 Å². The minimum Gasteiger partial charge on any atom is -0.486 e. The molecule has 0 radical (unpaired) electrons. The molecule has 0 saturated carbocycles. The Morgan fingerprint density at radius 1 is 0.966 bits per heavy atom. The van der Waals surface area contributed by atoms with Crippen LogP contribution in [0.25, 0.3) is 10.9 Å². The van der Waals surface area contributed by atoms with Crippen molar-refractivity contribution >= 4 is 28.4 Å². The highest BCUT2D eigenvalue weighted by Crippen LogP contribution is 2.13. The number of hydrogen-bond acceptors (Lipinski definition) is 4. The Hall–Kier alpha value is -3.64. The van der Waals surface area contributed by atoms with Crippen LogP contribution in [0.15, 0.2) is 83.7 Å². The number of carbonyl (C=O) groups excluding carboxylic acids is 1. The SMILES string of the molecule is O=C(Nn1c(COc2ccccc2)nc2ccccc2c1=O)c1ccc(Cl)cc1. The van der Waals surface area contributed by atoms with E-state index in [-0.39, 0.29) is 18.0 Å². The number of ether oxygens (including phenoxy) is 1. The van der Waals surface area contributed by atoms with E-state index < -0.39 is 5.91 Å². The third-order valence-electron chi connectivity index (χ3n) is 4.28. The summed E-state index contributed by atoms with van der Waals surface area (Å²) in [4.78, 5) is 30.2. The number of halogens is 1. The van der Waals surface area contributed by atoms with Gasteiger partial charge >= 0.3 is 0 Å². The average Bonchev–Trinajstić information content (AvgIpc) is 2.75. The molecular formula is C22H16ClN3O3. The summed E-state index contributed by atoms with van der Waals surface area (Å²) in [6.45, 7) is 0.00495. The predicted molar refractivity (Wildman–Crippen MR) is 112 cm³/mol. The fourth-order valence-electron chi connectivity index (χ4n) is 2.82. The van der Waals surface area contributed by atoms with Crippen LogP contribution in [0.3, 0.4) is 0 Å². The van der Waals surface area contributed by atoms with Crippen LogP contribution < -0.4 is 15.7 Å². The summed E-state index contributed by atoms with van der Waals surface area (Å²) in [5, 5.41) is 0.912. The van der Waals surface area contributed by atoms with E-state index in [1.807, 2.05) is 18.2 Å². The van der Waals surface area contributed by atoms with Gasteiger partial charge in [0, 0.05) is 10.6 Å². The van der Waals surface area contributed by atoms with Crippen LogP contribution in [0.5, 0.6) is 5.75 Å². The molecule has 144 valence electrons. The Labute approximate surface area is 171 Å². The number of carbonyl (C=O) groups is 1. The number of amides is 1. The molecule has 0 atom stereocenters. The highest BCUT2D eigenvalue weighted by Gasteiger charge is 2.15. The topological polar surface area (TPSA) is 73.2 Å². The first-order valence-corrected chi connectivity index (χ1v) is 9.25. The van der Waals surface area contributed by atoms with Crippen molar-refractivity contribution in [2.45, 2.75) is 6.61 Å². The van der Waals surface area contributed by atoms with Gasteiger partial charge in [-0.15, -0.1) is 0 Å². The number of nitrogens with zero attached hydrogens (tertiary/aromatic N) is 2. The first-order valence-electron chi connectivity index (χ1n) is 8.87. The van der Waals surface area contributed by atoms with Gasteiger partial charge in [0.05, 0.1) is 10.9 Å². The Bertz CT molecular complexity index is 1220. The largest absolute Gasteiger partial charge is 0.486 e. The highest BCUT2D eigenvalue weighted by molar-refractivity contribution is 6.30. The lowest BCUT2D eigenvalue weighted by Crippen LogP contribution is -2.37. The van der Waals surface area contributed by atoms with E-state index in [0.29, 0.717) is 27.2 Å². The van der Waals surface area contributed by atoms with Crippen LogP contribution in [-0.2, 0) is 6.61 Å². The van der Waals surface area contributed by atoms with Gasteiger partial charge in [-0.3, -0.25) is 15.0 Å².